The first-order valence-corrected chi connectivity index (χ1v) is 6.70. The molecule has 1 aliphatic rings. The van der Waals surface area contributed by atoms with Crippen molar-refractivity contribution in [3.8, 4) is 11.5 Å². The highest BCUT2D eigenvalue weighted by molar-refractivity contribution is 7.81. The van der Waals surface area contributed by atoms with Gasteiger partial charge in [-0.05, 0) is 38.1 Å². The minimum atomic E-state index is -0.438. The van der Waals surface area contributed by atoms with Crippen molar-refractivity contribution in [2.24, 2.45) is 0 Å². The van der Waals surface area contributed by atoms with Crippen LogP contribution in [0.25, 0.3) is 5.57 Å². The van der Waals surface area contributed by atoms with E-state index in [9.17, 15) is 4.79 Å². The summed E-state index contributed by atoms with van der Waals surface area (Å²) in [5.74, 6) is 0.842. The van der Waals surface area contributed by atoms with E-state index >= 15 is 0 Å². The molecular weight excluding hydrogens is 274 g/mol. The zero-order valence-electron chi connectivity index (χ0n) is 11.9. The number of esters is 1. The van der Waals surface area contributed by atoms with Crippen LogP contribution in [0.4, 0.5) is 0 Å². The molecule has 0 aromatic heterocycles. The molecule has 20 heavy (non-hydrogen) atoms. The predicted octanol–water partition coefficient (Wildman–Crippen LogP) is 2.71. The number of hydrogen-bond donors (Lipinski definition) is 1. The maximum Gasteiger partial charge on any atom is 0.308 e. The van der Waals surface area contributed by atoms with Crippen molar-refractivity contribution < 1.29 is 14.3 Å². The molecule has 0 saturated heterocycles. The zero-order valence-corrected chi connectivity index (χ0v) is 12.8. The van der Waals surface area contributed by atoms with E-state index < -0.39 is 5.60 Å². The minimum absolute atomic E-state index is 0.358. The monoisotopic (exact) mass is 291 g/mol. The van der Waals surface area contributed by atoms with Crippen LogP contribution in [0.3, 0.4) is 0 Å². The summed E-state index contributed by atoms with van der Waals surface area (Å²) in [6.07, 6.45) is 1.96. The molecule has 5 heteroatoms. The van der Waals surface area contributed by atoms with Gasteiger partial charge >= 0.3 is 5.97 Å². The molecule has 1 aromatic rings. The van der Waals surface area contributed by atoms with Gasteiger partial charge in [-0.2, -0.15) is 0 Å². The van der Waals surface area contributed by atoms with Crippen molar-refractivity contribution in [2.75, 3.05) is 7.05 Å². The van der Waals surface area contributed by atoms with Gasteiger partial charge in [0, 0.05) is 25.1 Å². The summed E-state index contributed by atoms with van der Waals surface area (Å²) >= 11 is 5.34. The highest BCUT2D eigenvalue weighted by atomic mass is 32.1. The molecule has 0 atom stereocenters. The average molecular weight is 291 g/mol. The molecule has 4 nitrogen and oxygen atoms in total. The van der Waals surface area contributed by atoms with E-state index in [1.807, 2.05) is 19.9 Å². The van der Waals surface area contributed by atoms with Crippen molar-refractivity contribution in [3.05, 3.63) is 29.8 Å². The van der Waals surface area contributed by atoms with Crippen LogP contribution < -0.4 is 14.8 Å². The fourth-order valence-electron chi connectivity index (χ4n) is 2.10. The van der Waals surface area contributed by atoms with Gasteiger partial charge in [0.25, 0.3) is 0 Å². The summed E-state index contributed by atoms with van der Waals surface area (Å²) in [6.45, 7) is 5.30. The first kappa shape index (κ1) is 14.5. The van der Waals surface area contributed by atoms with E-state index in [2.05, 4.69) is 5.32 Å². The average Bonchev–Trinajstić information content (AvgIpc) is 2.36. The Hall–Kier alpha value is -1.88. The van der Waals surface area contributed by atoms with Crippen LogP contribution in [0, 0.1) is 0 Å². The predicted molar refractivity (Wildman–Crippen MR) is 82.1 cm³/mol. The Balaban J connectivity index is 2.51. The van der Waals surface area contributed by atoms with Crippen LogP contribution in [-0.4, -0.2) is 23.6 Å². The van der Waals surface area contributed by atoms with E-state index in [-0.39, 0.29) is 5.97 Å². The van der Waals surface area contributed by atoms with Gasteiger partial charge in [-0.1, -0.05) is 12.2 Å². The van der Waals surface area contributed by atoms with Crippen LogP contribution in [0.1, 0.15) is 26.3 Å². The van der Waals surface area contributed by atoms with Crippen molar-refractivity contribution >= 4 is 28.7 Å². The number of rotatable bonds is 2. The van der Waals surface area contributed by atoms with Gasteiger partial charge in [0.15, 0.2) is 0 Å². The Morgan fingerprint density at radius 3 is 2.70 bits per heavy atom. The fourth-order valence-corrected chi connectivity index (χ4v) is 2.27. The highest BCUT2D eigenvalue weighted by Gasteiger charge is 2.28. The third-order valence-corrected chi connectivity index (χ3v) is 3.26. The van der Waals surface area contributed by atoms with Crippen molar-refractivity contribution in [1.29, 1.82) is 0 Å². The normalized spacial score (nSPS) is 15.5. The van der Waals surface area contributed by atoms with E-state index in [0.29, 0.717) is 10.7 Å². The van der Waals surface area contributed by atoms with Gasteiger partial charge in [0.2, 0.25) is 0 Å². The van der Waals surface area contributed by atoms with Gasteiger partial charge in [-0.3, -0.25) is 4.79 Å². The number of fused-ring (bicyclic) bond motifs is 1. The molecule has 0 amide bonds. The molecule has 2 rings (SSSR count). The molecule has 1 aliphatic heterocycles. The smallest absolute Gasteiger partial charge is 0.308 e. The van der Waals surface area contributed by atoms with Crippen LogP contribution in [0.15, 0.2) is 24.3 Å². The minimum Gasteiger partial charge on any atom is -0.483 e. The number of hydrogen-bond acceptors (Lipinski definition) is 4. The second-order valence-corrected chi connectivity index (χ2v) is 5.50. The Morgan fingerprint density at radius 2 is 2.10 bits per heavy atom. The Labute approximate surface area is 123 Å². The van der Waals surface area contributed by atoms with Gasteiger partial charge in [-0.25, -0.2) is 0 Å². The van der Waals surface area contributed by atoms with Gasteiger partial charge < -0.3 is 14.8 Å². The number of carbonyl (C=O) groups is 1. The quantitative estimate of drug-likeness (QED) is 0.516. The molecule has 1 N–H and O–H groups in total. The summed E-state index contributed by atoms with van der Waals surface area (Å²) in [7, 11) is 1.78. The number of likely N-dealkylation sites (N-methyl/N-ethyl adjacent to an activating group) is 1. The lowest BCUT2D eigenvalue weighted by Gasteiger charge is -2.31. The van der Waals surface area contributed by atoms with Crippen molar-refractivity contribution in [1.82, 2.24) is 5.32 Å². The zero-order chi connectivity index (χ0) is 14.9. The number of carbonyl (C=O) groups excluding carboxylic acids is 1. The maximum absolute atomic E-state index is 11.0. The van der Waals surface area contributed by atoms with Crippen molar-refractivity contribution in [2.45, 2.75) is 26.4 Å². The molecule has 0 fully saturated rings. The highest BCUT2D eigenvalue weighted by Crippen LogP contribution is 2.38. The summed E-state index contributed by atoms with van der Waals surface area (Å²) in [5, 5.41) is 2.97. The summed E-state index contributed by atoms with van der Waals surface area (Å²) < 4.78 is 11.0. The fraction of sp³-hybridized carbons (Fsp3) is 0.333. The van der Waals surface area contributed by atoms with Gasteiger partial charge in [-0.15, -0.1) is 0 Å². The van der Waals surface area contributed by atoms with E-state index in [1.54, 1.807) is 25.2 Å². The first-order chi connectivity index (χ1) is 9.32. The molecule has 0 bridgehead atoms. The van der Waals surface area contributed by atoms with E-state index in [4.69, 9.17) is 21.7 Å². The molecule has 0 unspecified atom stereocenters. The molecule has 1 heterocycles. The molecule has 1 aromatic carbocycles. The number of nitrogens with one attached hydrogen (secondary N) is 1. The second-order valence-electron chi connectivity index (χ2n) is 5.09. The number of thiocarbonyl (C=S) groups is 1. The van der Waals surface area contributed by atoms with Crippen LogP contribution in [0.2, 0.25) is 0 Å². The van der Waals surface area contributed by atoms with Crippen LogP contribution in [0.5, 0.6) is 11.5 Å². The molecular formula is C15H17NO3S. The lowest BCUT2D eigenvalue weighted by molar-refractivity contribution is -0.131. The maximum atomic E-state index is 11.0. The van der Waals surface area contributed by atoms with E-state index in [1.165, 1.54) is 6.92 Å². The SMILES string of the molecule is CNC(=S)C1=CC(C)(C)Oc2ccc(OC(C)=O)cc21. The number of ether oxygens (including phenoxy) is 2. The first-order valence-electron chi connectivity index (χ1n) is 6.29. The Morgan fingerprint density at radius 1 is 1.40 bits per heavy atom. The van der Waals surface area contributed by atoms with Crippen LogP contribution in [-0.2, 0) is 4.79 Å². The Kier molecular flexibility index (Phi) is 3.81. The summed E-state index contributed by atoms with van der Waals surface area (Å²) in [4.78, 5) is 11.7. The molecule has 0 spiro atoms. The lowest BCUT2D eigenvalue weighted by Crippen LogP contribution is -2.32. The van der Waals surface area contributed by atoms with Crippen LogP contribution >= 0.6 is 12.2 Å². The largest absolute Gasteiger partial charge is 0.483 e. The third-order valence-electron chi connectivity index (χ3n) is 2.84. The molecule has 106 valence electrons. The molecule has 0 aliphatic carbocycles. The summed E-state index contributed by atoms with van der Waals surface area (Å²) in [5.41, 5.74) is 1.26. The van der Waals surface area contributed by atoms with Gasteiger partial charge in [0.1, 0.15) is 22.1 Å². The number of benzene rings is 1. The van der Waals surface area contributed by atoms with Gasteiger partial charge in [0.05, 0.1) is 0 Å². The van der Waals surface area contributed by atoms with Crippen molar-refractivity contribution in [3.63, 3.8) is 0 Å². The standard InChI is InChI=1S/C15H17NO3S/c1-9(17)18-10-5-6-13-11(7-10)12(14(20)16-4)8-15(2,3)19-13/h5-8H,1-4H3,(H,16,20). The lowest BCUT2D eigenvalue weighted by atomic mass is 9.94. The summed E-state index contributed by atoms with van der Waals surface area (Å²) in [6, 6.07) is 5.27. The third kappa shape index (κ3) is 2.99. The topological polar surface area (TPSA) is 47.6 Å². The second kappa shape index (κ2) is 5.25. The molecule has 0 radical (unpaired) electrons. The Bertz CT molecular complexity index is 605. The van der Waals surface area contributed by atoms with E-state index in [0.717, 1.165) is 16.9 Å². The molecule has 0 saturated carbocycles.